The first-order valence-corrected chi connectivity index (χ1v) is 12.8. The lowest BCUT2D eigenvalue weighted by atomic mass is 9.45. The van der Waals surface area contributed by atoms with Crippen molar-refractivity contribution in [3.8, 4) is 0 Å². The van der Waals surface area contributed by atoms with Crippen LogP contribution in [0.1, 0.15) is 65.7 Å². The zero-order valence-corrected chi connectivity index (χ0v) is 19.8. The van der Waals surface area contributed by atoms with E-state index in [9.17, 15) is 15.3 Å². The lowest BCUT2D eigenvalue weighted by Gasteiger charge is -2.61. The molecule has 12 atom stereocenters. The maximum atomic E-state index is 11.7. The number of rotatable bonds is 0. The zero-order chi connectivity index (χ0) is 22.6. The van der Waals surface area contributed by atoms with Crippen molar-refractivity contribution < 1.29 is 24.8 Å². The average molecular weight is 445 g/mol. The first-order valence-electron chi connectivity index (χ1n) is 12.8. The maximum Gasteiger partial charge on any atom is 0.172 e. The van der Waals surface area contributed by atoms with Crippen LogP contribution < -0.4 is 0 Å². The summed E-state index contributed by atoms with van der Waals surface area (Å²) in [6.07, 6.45) is 6.52. The number of aliphatic hydroxyl groups is 3. The Bertz CT molecular complexity index is 841. The van der Waals surface area contributed by atoms with Crippen LogP contribution in [-0.2, 0) is 9.47 Å². The molecule has 3 saturated carbocycles. The second-order valence-electron chi connectivity index (χ2n) is 12.5. The van der Waals surface area contributed by atoms with Crippen molar-refractivity contribution in [1.82, 2.24) is 0 Å². The van der Waals surface area contributed by atoms with Crippen LogP contribution in [0.15, 0.2) is 23.8 Å². The summed E-state index contributed by atoms with van der Waals surface area (Å²) in [7, 11) is 0. The minimum Gasteiger partial charge on any atom is -0.393 e. The summed E-state index contributed by atoms with van der Waals surface area (Å²) in [6, 6.07) is 0. The third-order valence-corrected chi connectivity index (χ3v) is 11.1. The fourth-order valence-corrected chi connectivity index (χ4v) is 9.67. The number of fused-ring (bicyclic) bond motifs is 7. The van der Waals surface area contributed by atoms with E-state index in [1.165, 1.54) is 0 Å². The van der Waals surface area contributed by atoms with Gasteiger partial charge >= 0.3 is 0 Å². The fourth-order valence-electron chi connectivity index (χ4n) is 9.67. The maximum absolute atomic E-state index is 11.7. The summed E-state index contributed by atoms with van der Waals surface area (Å²) in [5.41, 5.74) is 1.87. The van der Waals surface area contributed by atoms with E-state index in [2.05, 4.69) is 33.4 Å². The van der Waals surface area contributed by atoms with Gasteiger partial charge in [-0.25, -0.2) is 0 Å². The topological polar surface area (TPSA) is 79.2 Å². The molecule has 2 aliphatic heterocycles. The van der Waals surface area contributed by atoms with Crippen molar-refractivity contribution in [2.75, 3.05) is 6.61 Å². The Balaban J connectivity index is 1.33. The molecule has 6 rings (SSSR count). The van der Waals surface area contributed by atoms with E-state index < -0.39 is 29.5 Å². The SMILES string of the molecule is C=C1CC[C@@]2(OC1)O[C@H]1C[C@H]3[C@@H]4CC=C5C[C@@H](O)C[C@@H](O)[C@]5(C)[C@H]4[C@H](O)C[C@]3(C)[C@H]1[C@@H]2C. The molecule has 2 saturated heterocycles. The number of ether oxygens (including phenoxy) is 2. The van der Waals surface area contributed by atoms with Gasteiger partial charge in [0.05, 0.1) is 31.0 Å². The average Bonchev–Trinajstić information content (AvgIpc) is 3.16. The van der Waals surface area contributed by atoms with Gasteiger partial charge in [0.25, 0.3) is 0 Å². The van der Waals surface area contributed by atoms with Crippen molar-refractivity contribution in [3.05, 3.63) is 23.8 Å². The largest absolute Gasteiger partial charge is 0.393 e. The third kappa shape index (κ3) is 2.63. The van der Waals surface area contributed by atoms with Gasteiger partial charge in [0.15, 0.2) is 5.79 Å². The highest BCUT2D eigenvalue weighted by Gasteiger charge is 2.70. The molecule has 2 heterocycles. The first kappa shape index (κ1) is 21.8. The summed E-state index contributed by atoms with van der Waals surface area (Å²) >= 11 is 0. The zero-order valence-electron chi connectivity index (χ0n) is 19.8. The van der Waals surface area contributed by atoms with Gasteiger partial charge in [0, 0.05) is 24.2 Å². The summed E-state index contributed by atoms with van der Waals surface area (Å²) in [4.78, 5) is 0. The molecule has 0 bridgehead atoms. The summed E-state index contributed by atoms with van der Waals surface area (Å²) < 4.78 is 13.1. The molecule has 178 valence electrons. The first-order chi connectivity index (χ1) is 15.1. The normalized spacial score (nSPS) is 59.2. The van der Waals surface area contributed by atoms with E-state index in [1.54, 1.807) is 0 Å². The Hall–Kier alpha value is -0.720. The highest BCUT2D eigenvalue weighted by atomic mass is 16.7. The highest BCUT2D eigenvalue weighted by molar-refractivity contribution is 5.29. The lowest BCUT2D eigenvalue weighted by Crippen LogP contribution is -2.60. The molecule has 5 nitrogen and oxygen atoms in total. The van der Waals surface area contributed by atoms with E-state index >= 15 is 0 Å². The molecule has 0 aromatic carbocycles. The number of allylic oxidation sites excluding steroid dienone is 1. The van der Waals surface area contributed by atoms with Crippen LogP contribution in [0.2, 0.25) is 0 Å². The van der Waals surface area contributed by atoms with Crippen LogP contribution >= 0.6 is 0 Å². The molecular formula is C27H40O5. The number of hydrogen-bond donors (Lipinski definition) is 3. The van der Waals surface area contributed by atoms with E-state index in [0.717, 1.165) is 43.3 Å². The second kappa shape index (κ2) is 6.91. The van der Waals surface area contributed by atoms with E-state index in [4.69, 9.17) is 9.47 Å². The minimum atomic E-state index is -0.604. The van der Waals surface area contributed by atoms with E-state index in [1.807, 2.05) is 0 Å². The van der Waals surface area contributed by atoms with Gasteiger partial charge in [0.2, 0.25) is 0 Å². The predicted octanol–water partition coefficient (Wildman–Crippen LogP) is 3.58. The molecule has 0 radical (unpaired) electrons. The third-order valence-electron chi connectivity index (χ3n) is 11.1. The van der Waals surface area contributed by atoms with Gasteiger partial charge in [-0.1, -0.05) is 44.6 Å². The van der Waals surface area contributed by atoms with Crippen LogP contribution in [0.25, 0.3) is 0 Å². The Morgan fingerprint density at radius 1 is 1.12 bits per heavy atom. The molecular weight excluding hydrogens is 404 g/mol. The Morgan fingerprint density at radius 3 is 2.62 bits per heavy atom. The lowest BCUT2D eigenvalue weighted by molar-refractivity contribution is -0.257. The molecule has 6 aliphatic rings. The Morgan fingerprint density at radius 2 is 1.91 bits per heavy atom. The molecule has 0 amide bonds. The molecule has 5 heteroatoms. The van der Waals surface area contributed by atoms with Crippen LogP contribution in [0, 0.1) is 40.4 Å². The van der Waals surface area contributed by atoms with Crippen LogP contribution in [0.3, 0.4) is 0 Å². The quantitative estimate of drug-likeness (QED) is 0.498. The highest BCUT2D eigenvalue weighted by Crippen LogP contribution is 2.70. The smallest absolute Gasteiger partial charge is 0.172 e. The standard InChI is InChI=1S/C27H40O5/c1-14-7-8-27(31-13-14)15(2)23-21(32-27)11-19-18-6-5-16-9-17(28)10-22(30)26(16,4)24(18)20(29)12-25(19,23)3/h5,15,17-24,28-30H,1,6-13H2,2-4H3/t15-,17+,18-,19-,20+,21-,22+,23-,24+,25-,26+,27+/m0/s1. The summed E-state index contributed by atoms with van der Waals surface area (Å²) in [5.74, 6) is 1.03. The predicted molar refractivity (Wildman–Crippen MR) is 120 cm³/mol. The minimum absolute atomic E-state index is 0.00677. The molecule has 0 aromatic rings. The molecule has 0 aromatic heterocycles. The van der Waals surface area contributed by atoms with Gasteiger partial charge in [0.1, 0.15) is 0 Å². The van der Waals surface area contributed by atoms with Crippen LogP contribution in [0.5, 0.6) is 0 Å². The van der Waals surface area contributed by atoms with Gasteiger partial charge < -0.3 is 24.8 Å². The molecule has 3 N–H and O–H groups in total. The molecule has 0 unspecified atom stereocenters. The van der Waals surface area contributed by atoms with Crippen molar-refractivity contribution >= 4 is 0 Å². The van der Waals surface area contributed by atoms with E-state index in [0.29, 0.717) is 43.1 Å². The van der Waals surface area contributed by atoms with Crippen molar-refractivity contribution in [3.63, 3.8) is 0 Å². The number of aliphatic hydroxyl groups excluding tert-OH is 3. The second-order valence-corrected chi connectivity index (χ2v) is 12.5. The van der Waals surface area contributed by atoms with Gasteiger partial charge in [-0.15, -0.1) is 0 Å². The summed E-state index contributed by atoms with van der Waals surface area (Å²) in [6.45, 7) is 11.5. The van der Waals surface area contributed by atoms with Crippen molar-refractivity contribution in [1.29, 1.82) is 0 Å². The van der Waals surface area contributed by atoms with Crippen LogP contribution in [-0.4, -0.2) is 52.1 Å². The molecule has 32 heavy (non-hydrogen) atoms. The Labute approximate surface area is 191 Å². The van der Waals surface area contributed by atoms with Gasteiger partial charge in [-0.05, 0) is 61.2 Å². The van der Waals surface area contributed by atoms with Gasteiger partial charge in [-0.3, -0.25) is 0 Å². The molecule has 1 spiro atoms. The summed E-state index contributed by atoms with van der Waals surface area (Å²) in [5, 5.41) is 33.1. The molecule has 5 fully saturated rings. The Kier molecular flexibility index (Phi) is 4.71. The van der Waals surface area contributed by atoms with E-state index in [-0.39, 0.29) is 17.4 Å². The van der Waals surface area contributed by atoms with Crippen LogP contribution in [0.4, 0.5) is 0 Å². The fraction of sp³-hybridized carbons (Fsp3) is 0.852. The number of hydrogen-bond acceptors (Lipinski definition) is 5. The molecule has 4 aliphatic carbocycles. The monoisotopic (exact) mass is 444 g/mol. The van der Waals surface area contributed by atoms with Gasteiger partial charge in [-0.2, -0.15) is 0 Å². The van der Waals surface area contributed by atoms with Crippen molar-refractivity contribution in [2.45, 2.75) is 95.9 Å². The van der Waals surface area contributed by atoms with Crippen molar-refractivity contribution in [2.24, 2.45) is 40.4 Å².